The number of pyridine rings is 2. The summed E-state index contributed by atoms with van der Waals surface area (Å²) in [4.78, 5) is 109. The second kappa shape index (κ2) is 14.1. The van der Waals surface area contributed by atoms with Crippen LogP contribution in [0.4, 0.5) is 5.82 Å². The van der Waals surface area contributed by atoms with Crippen molar-refractivity contribution in [2.75, 3.05) is 18.2 Å². The zero-order chi connectivity index (χ0) is 39.9. The Labute approximate surface area is 302 Å². The lowest BCUT2D eigenvalue weighted by Crippen LogP contribution is -2.50. The van der Waals surface area contributed by atoms with Gasteiger partial charge in [0.2, 0.25) is 11.4 Å². The summed E-state index contributed by atoms with van der Waals surface area (Å²) in [5, 5.41) is 67.7. The summed E-state index contributed by atoms with van der Waals surface area (Å²) < 4.78 is 2.02. The molecule has 0 aliphatic carbocycles. The number of carboxylic acids is 4. The quantitative estimate of drug-likeness (QED) is 0.0766. The highest BCUT2D eigenvalue weighted by Crippen LogP contribution is 2.34. The van der Waals surface area contributed by atoms with Crippen molar-refractivity contribution in [3.05, 3.63) is 95.9 Å². The monoisotopic (exact) mass is 758 g/mol. The van der Waals surface area contributed by atoms with Crippen LogP contribution in [0.1, 0.15) is 64.5 Å². The summed E-state index contributed by atoms with van der Waals surface area (Å²) in [6.45, 7) is 0.191. The number of aliphatic hydroxyl groups excluding tert-OH is 1. The minimum Gasteiger partial charge on any atom is -0.494 e. The van der Waals surface area contributed by atoms with Crippen molar-refractivity contribution < 1.29 is 59.4 Å². The molecule has 3 aromatic heterocycles. The van der Waals surface area contributed by atoms with Crippen molar-refractivity contribution in [2.45, 2.75) is 13.5 Å². The average molecular weight is 759 g/mol. The largest absolute Gasteiger partial charge is 0.494 e. The fraction of sp³-hybridized carbons (Fsp3) is 0.129. The van der Waals surface area contributed by atoms with Crippen molar-refractivity contribution in [1.29, 1.82) is 0 Å². The van der Waals surface area contributed by atoms with E-state index in [1.807, 2.05) is 0 Å². The van der Waals surface area contributed by atoms with E-state index in [1.165, 1.54) is 6.92 Å². The van der Waals surface area contributed by atoms with Gasteiger partial charge in [0.25, 0.3) is 17.0 Å². The fourth-order valence-corrected chi connectivity index (χ4v) is 5.44. The number of carbonyl (C=O) groups is 5. The topological polar surface area (TPSA) is 345 Å². The summed E-state index contributed by atoms with van der Waals surface area (Å²) in [5.41, 5.74) is -7.28. The van der Waals surface area contributed by atoms with Crippen molar-refractivity contribution in [3.63, 3.8) is 0 Å². The molecule has 3 aromatic rings. The predicted octanol–water partition coefficient (Wildman–Crippen LogP) is -2.49. The third-order valence-corrected chi connectivity index (χ3v) is 7.73. The third-order valence-electron chi connectivity index (χ3n) is 7.73. The first-order chi connectivity index (χ1) is 26.2. The van der Waals surface area contributed by atoms with Crippen molar-refractivity contribution in [1.82, 2.24) is 39.0 Å². The van der Waals surface area contributed by atoms with Gasteiger partial charge in [0.15, 0.2) is 28.8 Å². The molecule has 0 atom stereocenters. The van der Waals surface area contributed by atoms with Gasteiger partial charge in [0.05, 0.1) is 59.8 Å². The van der Waals surface area contributed by atoms with Gasteiger partial charge in [-0.2, -0.15) is 9.69 Å². The van der Waals surface area contributed by atoms with Gasteiger partial charge in [-0.1, -0.05) is 6.08 Å². The number of amides is 1. The Bertz CT molecular complexity index is 2720. The van der Waals surface area contributed by atoms with Crippen LogP contribution in [0.5, 0.6) is 5.88 Å². The number of hydrogen-bond donors (Lipinski definition) is 6. The summed E-state index contributed by atoms with van der Waals surface area (Å²) in [6.07, 6.45) is 6.11. The molecule has 0 bridgehead atoms. The molecule has 0 saturated carbocycles. The van der Waals surface area contributed by atoms with Crippen LogP contribution in [-0.4, -0.2) is 113 Å². The fourth-order valence-electron chi connectivity index (χ4n) is 5.44. The van der Waals surface area contributed by atoms with Crippen LogP contribution < -0.4 is 31.7 Å². The summed E-state index contributed by atoms with van der Waals surface area (Å²) in [7, 11) is 0. The molecule has 24 heteroatoms. The normalized spacial score (nSPS) is 12.7. The molecule has 3 aliphatic rings. The van der Waals surface area contributed by atoms with E-state index in [-0.39, 0.29) is 18.2 Å². The second-order valence-electron chi connectivity index (χ2n) is 10.9. The van der Waals surface area contributed by atoms with Crippen LogP contribution in [0, 0.1) is 0 Å². The summed E-state index contributed by atoms with van der Waals surface area (Å²) in [5.74, 6) is -9.45. The van der Waals surface area contributed by atoms with Crippen LogP contribution in [-0.2, 0) is 6.54 Å². The number of hydrogen-bond acceptors (Lipinski definition) is 16. The van der Waals surface area contributed by atoms with Gasteiger partial charge in [-0.3, -0.25) is 19.0 Å². The Balaban J connectivity index is 1.56. The van der Waals surface area contributed by atoms with E-state index < -0.39 is 116 Å². The van der Waals surface area contributed by atoms with Gasteiger partial charge in [-0.05, 0) is 19.1 Å². The number of aromatic nitrogens is 8. The van der Waals surface area contributed by atoms with E-state index in [4.69, 9.17) is 15.1 Å². The zero-order valence-electron chi connectivity index (χ0n) is 27.6. The maximum Gasteiger partial charge on any atom is 0.356 e. The SMILES string of the molecule is CCOn1c2c(c(C(=O)O)c(=CC=Cc3c(C(=O)O)c4c(=O)n(-c5cnc(C(=O)O)cn5)nc-4n(CCO)c3O)c1=O)C(=O)N(c1cnc(C(=O)O)cn1)N=2. The van der Waals surface area contributed by atoms with Crippen LogP contribution in [0.15, 0.2) is 45.6 Å². The van der Waals surface area contributed by atoms with E-state index in [1.54, 1.807) is 0 Å². The van der Waals surface area contributed by atoms with Crippen molar-refractivity contribution >= 4 is 47.8 Å². The highest BCUT2D eigenvalue weighted by Gasteiger charge is 2.36. The maximum atomic E-state index is 13.7. The smallest absolute Gasteiger partial charge is 0.356 e. The molecule has 0 aromatic carbocycles. The summed E-state index contributed by atoms with van der Waals surface area (Å²) >= 11 is 0. The maximum absolute atomic E-state index is 13.7. The van der Waals surface area contributed by atoms with Gasteiger partial charge in [-0.25, -0.2) is 39.1 Å². The Hall–Kier alpha value is -8.15. The van der Waals surface area contributed by atoms with Crippen LogP contribution in [0.25, 0.3) is 29.4 Å². The van der Waals surface area contributed by atoms with E-state index in [9.17, 15) is 54.0 Å². The molecular formula is C31H22N10O14. The van der Waals surface area contributed by atoms with Gasteiger partial charge in [-0.15, -0.1) is 14.9 Å². The van der Waals surface area contributed by atoms with Gasteiger partial charge in [0.1, 0.15) is 17.7 Å². The molecule has 0 spiro atoms. The van der Waals surface area contributed by atoms with Crippen LogP contribution >= 0.6 is 0 Å². The molecule has 6 heterocycles. The lowest BCUT2D eigenvalue weighted by atomic mass is 10.0. The molecule has 1 amide bonds. The van der Waals surface area contributed by atoms with E-state index in [2.05, 4.69) is 30.1 Å². The molecule has 24 nitrogen and oxygen atoms in total. The number of fused-ring (bicyclic) bond motifs is 2. The number of anilines is 1. The Morgan fingerprint density at radius 3 is 1.95 bits per heavy atom. The number of rotatable bonds is 12. The second-order valence-corrected chi connectivity index (χ2v) is 10.9. The number of aromatic hydroxyl groups is 1. The Kier molecular flexibility index (Phi) is 9.40. The minimum absolute atomic E-state index is 0.188. The predicted molar refractivity (Wildman–Crippen MR) is 178 cm³/mol. The van der Waals surface area contributed by atoms with E-state index >= 15 is 0 Å². The Morgan fingerprint density at radius 2 is 1.42 bits per heavy atom. The molecule has 0 fully saturated rings. The van der Waals surface area contributed by atoms with Crippen molar-refractivity contribution in [2.24, 2.45) is 5.10 Å². The first-order valence-corrected chi connectivity index (χ1v) is 15.3. The molecule has 0 saturated heterocycles. The first-order valence-electron chi connectivity index (χ1n) is 15.3. The molecule has 6 rings (SSSR count). The van der Waals surface area contributed by atoms with E-state index in [0.717, 1.165) is 47.6 Å². The number of allylic oxidation sites excluding steroid dienone is 1. The van der Waals surface area contributed by atoms with Gasteiger partial charge < -0.3 is 35.5 Å². The number of aromatic carboxylic acids is 4. The molecule has 280 valence electrons. The molecule has 55 heavy (non-hydrogen) atoms. The highest BCUT2D eigenvalue weighted by molar-refractivity contribution is 6.12. The lowest BCUT2D eigenvalue weighted by Gasteiger charge is -2.17. The van der Waals surface area contributed by atoms with Crippen molar-refractivity contribution in [3.8, 4) is 23.1 Å². The van der Waals surface area contributed by atoms with Gasteiger partial charge in [0, 0.05) is 0 Å². The zero-order valence-corrected chi connectivity index (χ0v) is 27.6. The number of carbonyl (C=O) groups excluding carboxylic acids is 1. The molecule has 6 N–H and O–H groups in total. The number of carboxylic acid groups (broad SMARTS) is 4. The molecule has 0 radical (unpaired) electrons. The average Bonchev–Trinajstić information content (AvgIpc) is 3.67. The first kappa shape index (κ1) is 36.6. The van der Waals surface area contributed by atoms with Gasteiger partial charge >= 0.3 is 23.9 Å². The Morgan fingerprint density at radius 1 is 0.800 bits per heavy atom. The minimum atomic E-state index is -1.78. The standard InChI is InChI=1S/C31H22N10O14/c1-2-55-41-23-21(27(46)40(37-23)17-11-33-15(9-35-17)29(49)50)19(31(53)54)13(25(41)44)5-3-4-12-18(30(51)52)20-22(38(6-7-42)24(12)43)36-39(26(20)45)16-10-32-14(8-34-16)28(47)48/h3-5,8-11,42-43H,2,6-7H2,1H3,(H,47,48)(H,49,50)(H,51,52)(H,53,54). The number of aliphatic hydroxyl groups is 1. The highest BCUT2D eigenvalue weighted by atomic mass is 16.7. The molecule has 3 aliphatic heterocycles. The van der Waals surface area contributed by atoms with Crippen LogP contribution in [0.3, 0.4) is 0 Å². The van der Waals surface area contributed by atoms with E-state index in [0.29, 0.717) is 14.4 Å². The number of nitrogens with zero attached hydrogens (tertiary/aromatic N) is 10. The van der Waals surface area contributed by atoms with Crippen LogP contribution in [0.2, 0.25) is 0 Å². The molecular weight excluding hydrogens is 736 g/mol. The summed E-state index contributed by atoms with van der Waals surface area (Å²) in [6, 6.07) is 0. The third kappa shape index (κ3) is 6.14. The lowest BCUT2D eigenvalue weighted by molar-refractivity contribution is 0.0676. The molecule has 0 unspecified atom stereocenters.